The summed E-state index contributed by atoms with van der Waals surface area (Å²) in [7, 11) is 0. The minimum Gasteiger partial charge on any atom is -0.484 e. The van der Waals surface area contributed by atoms with Gasteiger partial charge in [0, 0.05) is 5.02 Å². The van der Waals surface area contributed by atoms with Crippen molar-refractivity contribution < 1.29 is 18.7 Å². The highest BCUT2D eigenvalue weighted by Crippen LogP contribution is 2.25. The van der Waals surface area contributed by atoms with Gasteiger partial charge in [-0.1, -0.05) is 23.7 Å². The topological polar surface area (TPSA) is 73.3 Å². The predicted octanol–water partition coefficient (Wildman–Crippen LogP) is 4.70. The molecule has 1 heterocycles. The fraction of sp³-hybridized carbons (Fsp3) is 0.150. The Morgan fingerprint density at radius 2 is 1.71 bits per heavy atom. The van der Waals surface area contributed by atoms with Gasteiger partial charge in [-0.2, -0.15) is 9.97 Å². The van der Waals surface area contributed by atoms with Gasteiger partial charge in [0.15, 0.2) is 18.2 Å². The van der Waals surface area contributed by atoms with Crippen LogP contribution in [0.25, 0.3) is 0 Å². The normalized spacial score (nSPS) is 10.4. The molecule has 2 aromatic carbocycles. The summed E-state index contributed by atoms with van der Waals surface area (Å²) in [5.74, 6) is -0.335. The zero-order valence-corrected chi connectivity index (χ0v) is 16.0. The van der Waals surface area contributed by atoms with E-state index in [0.29, 0.717) is 27.8 Å². The molecule has 0 radical (unpaired) electrons. The van der Waals surface area contributed by atoms with Crippen molar-refractivity contribution in [3.05, 3.63) is 70.8 Å². The zero-order valence-electron chi connectivity index (χ0n) is 15.2. The van der Waals surface area contributed by atoms with E-state index in [1.807, 2.05) is 0 Å². The van der Waals surface area contributed by atoms with Crippen LogP contribution in [0.5, 0.6) is 17.5 Å². The molecule has 0 aliphatic heterocycles. The Hall–Kier alpha value is -3.19. The first-order valence-electron chi connectivity index (χ1n) is 8.38. The van der Waals surface area contributed by atoms with E-state index >= 15 is 0 Å². The van der Waals surface area contributed by atoms with Crippen LogP contribution < -0.4 is 14.8 Å². The van der Waals surface area contributed by atoms with Crippen molar-refractivity contribution in [2.24, 2.45) is 0 Å². The second-order valence-electron chi connectivity index (χ2n) is 5.88. The van der Waals surface area contributed by atoms with Gasteiger partial charge in [0.1, 0.15) is 5.75 Å². The van der Waals surface area contributed by atoms with Crippen LogP contribution in [0.1, 0.15) is 11.4 Å². The van der Waals surface area contributed by atoms with Crippen molar-refractivity contribution >= 4 is 23.2 Å². The molecule has 0 aliphatic rings. The number of aryl methyl sites for hydroxylation is 2. The molecule has 8 heteroatoms. The SMILES string of the molecule is Cc1nc(Oc2ccccc2F)nc(C)c1NC(=O)COc1ccc(Cl)cc1. The number of nitrogens with zero attached hydrogens (tertiary/aromatic N) is 2. The molecule has 0 unspecified atom stereocenters. The summed E-state index contributed by atoms with van der Waals surface area (Å²) in [6.45, 7) is 3.20. The van der Waals surface area contributed by atoms with Crippen LogP contribution >= 0.6 is 11.6 Å². The quantitative estimate of drug-likeness (QED) is 0.648. The molecule has 1 aromatic heterocycles. The highest BCUT2D eigenvalue weighted by molar-refractivity contribution is 6.30. The summed E-state index contributed by atoms with van der Waals surface area (Å²) in [6, 6.07) is 12.6. The van der Waals surface area contributed by atoms with Crippen molar-refractivity contribution in [3.8, 4) is 17.5 Å². The largest absolute Gasteiger partial charge is 0.484 e. The zero-order chi connectivity index (χ0) is 20.1. The highest BCUT2D eigenvalue weighted by Gasteiger charge is 2.14. The van der Waals surface area contributed by atoms with Crippen LogP contribution in [-0.2, 0) is 4.79 Å². The second-order valence-corrected chi connectivity index (χ2v) is 6.31. The summed E-state index contributed by atoms with van der Waals surface area (Å²) < 4.78 is 24.5. The molecule has 0 atom stereocenters. The van der Waals surface area contributed by atoms with Crippen molar-refractivity contribution in [1.82, 2.24) is 9.97 Å². The van der Waals surface area contributed by atoms with Gasteiger partial charge in [-0.3, -0.25) is 4.79 Å². The minimum absolute atomic E-state index is 0.00415. The van der Waals surface area contributed by atoms with Crippen LogP contribution in [0.15, 0.2) is 48.5 Å². The molecular weight excluding hydrogens is 385 g/mol. The number of anilines is 1. The molecular formula is C20H17ClFN3O3. The number of para-hydroxylation sites is 1. The number of carbonyl (C=O) groups is 1. The summed E-state index contributed by atoms with van der Waals surface area (Å²) in [5, 5.41) is 3.30. The third-order valence-electron chi connectivity index (χ3n) is 3.74. The fourth-order valence-electron chi connectivity index (χ4n) is 2.39. The maximum absolute atomic E-state index is 13.7. The van der Waals surface area contributed by atoms with Gasteiger partial charge in [0.2, 0.25) is 0 Å². The maximum Gasteiger partial charge on any atom is 0.322 e. The Morgan fingerprint density at radius 1 is 1.07 bits per heavy atom. The van der Waals surface area contributed by atoms with E-state index in [4.69, 9.17) is 21.1 Å². The molecule has 0 aliphatic carbocycles. The van der Waals surface area contributed by atoms with Gasteiger partial charge in [-0.25, -0.2) is 4.39 Å². The second kappa shape index (κ2) is 8.67. The first-order valence-corrected chi connectivity index (χ1v) is 8.76. The predicted molar refractivity (Wildman–Crippen MR) is 104 cm³/mol. The van der Waals surface area contributed by atoms with Gasteiger partial charge < -0.3 is 14.8 Å². The molecule has 3 aromatic rings. The number of carbonyl (C=O) groups excluding carboxylic acids is 1. The van der Waals surface area contributed by atoms with E-state index in [1.54, 1.807) is 50.2 Å². The van der Waals surface area contributed by atoms with Gasteiger partial charge in [0.25, 0.3) is 5.91 Å². The Balaban J connectivity index is 1.66. The molecule has 3 rings (SSSR count). The lowest BCUT2D eigenvalue weighted by Crippen LogP contribution is -2.22. The molecule has 6 nitrogen and oxygen atoms in total. The molecule has 1 N–H and O–H groups in total. The number of rotatable bonds is 6. The Labute approximate surface area is 166 Å². The summed E-state index contributed by atoms with van der Waals surface area (Å²) in [4.78, 5) is 20.5. The third kappa shape index (κ3) is 4.95. The van der Waals surface area contributed by atoms with Crippen LogP contribution in [0.4, 0.5) is 10.1 Å². The van der Waals surface area contributed by atoms with Gasteiger partial charge >= 0.3 is 6.01 Å². The number of hydrogen-bond acceptors (Lipinski definition) is 5. The molecule has 144 valence electrons. The van der Waals surface area contributed by atoms with Crippen LogP contribution in [-0.4, -0.2) is 22.5 Å². The van der Waals surface area contributed by atoms with Crippen LogP contribution in [0, 0.1) is 19.7 Å². The van der Waals surface area contributed by atoms with E-state index in [-0.39, 0.29) is 24.3 Å². The number of ether oxygens (including phenoxy) is 2. The Morgan fingerprint density at radius 3 is 2.36 bits per heavy atom. The summed E-state index contributed by atoms with van der Waals surface area (Å²) in [5.41, 5.74) is 1.42. The summed E-state index contributed by atoms with van der Waals surface area (Å²) in [6.07, 6.45) is 0. The Bertz CT molecular complexity index is 973. The first-order chi connectivity index (χ1) is 13.4. The molecule has 1 amide bonds. The van der Waals surface area contributed by atoms with E-state index in [2.05, 4.69) is 15.3 Å². The molecule has 28 heavy (non-hydrogen) atoms. The smallest absolute Gasteiger partial charge is 0.322 e. The lowest BCUT2D eigenvalue weighted by Gasteiger charge is -2.13. The molecule has 0 spiro atoms. The van der Waals surface area contributed by atoms with E-state index in [9.17, 15) is 9.18 Å². The monoisotopic (exact) mass is 401 g/mol. The number of amides is 1. The Kier molecular flexibility index (Phi) is 6.06. The van der Waals surface area contributed by atoms with Crippen molar-refractivity contribution in [2.45, 2.75) is 13.8 Å². The third-order valence-corrected chi connectivity index (χ3v) is 3.99. The molecule has 0 fully saturated rings. The van der Waals surface area contributed by atoms with Crippen LogP contribution in [0.3, 0.4) is 0 Å². The number of halogens is 2. The minimum atomic E-state index is -0.516. The average Bonchev–Trinajstić information content (AvgIpc) is 2.66. The van der Waals surface area contributed by atoms with Gasteiger partial charge in [0.05, 0.1) is 17.1 Å². The molecule has 0 saturated heterocycles. The van der Waals surface area contributed by atoms with Gasteiger partial charge in [-0.15, -0.1) is 0 Å². The highest BCUT2D eigenvalue weighted by atomic mass is 35.5. The fourth-order valence-corrected chi connectivity index (χ4v) is 2.52. The molecule has 0 saturated carbocycles. The maximum atomic E-state index is 13.7. The van der Waals surface area contributed by atoms with E-state index in [0.717, 1.165) is 0 Å². The van der Waals surface area contributed by atoms with Crippen molar-refractivity contribution in [1.29, 1.82) is 0 Å². The van der Waals surface area contributed by atoms with Crippen LogP contribution in [0.2, 0.25) is 5.02 Å². The lowest BCUT2D eigenvalue weighted by atomic mass is 10.3. The van der Waals surface area contributed by atoms with Crippen molar-refractivity contribution in [3.63, 3.8) is 0 Å². The van der Waals surface area contributed by atoms with Gasteiger partial charge in [-0.05, 0) is 50.2 Å². The van der Waals surface area contributed by atoms with Crippen molar-refractivity contribution in [2.75, 3.05) is 11.9 Å². The van der Waals surface area contributed by atoms with E-state index < -0.39 is 5.82 Å². The lowest BCUT2D eigenvalue weighted by molar-refractivity contribution is -0.118. The number of aromatic nitrogens is 2. The standard InChI is InChI=1S/C20H17ClFN3O3/c1-12-19(25-18(26)11-27-15-9-7-14(21)8-10-15)13(2)24-20(23-12)28-17-6-4-3-5-16(17)22/h3-10H,11H2,1-2H3,(H,25,26). The first kappa shape index (κ1) is 19.6. The number of benzene rings is 2. The number of hydrogen-bond donors (Lipinski definition) is 1. The number of nitrogens with one attached hydrogen (secondary N) is 1. The average molecular weight is 402 g/mol. The molecule has 0 bridgehead atoms. The summed E-state index contributed by atoms with van der Waals surface area (Å²) >= 11 is 5.81. The van der Waals surface area contributed by atoms with E-state index in [1.165, 1.54) is 12.1 Å².